The van der Waals surface area contributed by atoms with Gasteiger partial charge in [0.2, 0.25) is 11.7 Å². The van der Waals surface area contributed by atoms with Crippen LogP contribution in [0.5, 0.6) is 0 Å². The molecule has 7 heteroatoms. The molecule has 0 atom stereocenters. The first-order valence-corrected chi connectivity index (χ1v) is 6.71. The van der Waals surface area contributed by atoms with E-state index in [1.54, 1.807) is 0 Å². The third-order valence-corrected chi connectivity index (χ3v) is 3.31. The van der Waals surface area contributed by atoms with Crippen molar-refractivity contribution < 1.29 is 13.3 Å². The fraction of sp³-hybridized carbons (Fsp3) is 0.0769. The molecule has 3 rings (SSSR count). The topological polar surface area (TPSA) is 51.0 Å². The highest BCUT2D eigenvalue weighted by Crippen LogP contribution is 2.20. The molecule has 0 aliphatic carbocycles. The van der Waals surface area contributed by atoms with Crippen LogP contribution in [0.3, 0.4) is 0 Å². The van der Waals surface area contributed by atoms with E-state index in [0.717, 1.165) is 11.6 Å². The Bertz CT molecular complexity index is 712. The molecule has 1 N–H and O–H groups in total. The predicted molar refractivity (Wildman–Crippen MR) is 71.3 cm³/mol. The van der Waals surface area contributed by atoms with Crippen molar-refractivity contribution in [3.63, 3.8) is 0 Å². The van der Waals surface area contributed by atoms with E-state index >= 15 is 0 Å². The molecule has 0 radical (unpaired) electrons. The Morgan fingerprint density at radius 2 is 2.15 bits per heavy atom. The van der Waals surface area contributed by atoms with Crippen LogP contribution in [0.1, 0.15) is 5.89 Å². The van der Waals surface area contributed by atoms with Gasteiger partial charge in [0.05, 0.1) is 12.2 Å². The number of nitrogens with one attached hydrogen (secondary N) is 1. The van der Waals surface area contributed by atoms with E-state index in [1.807, 2.05) is 16.8 Å². The van der Waals surface area contributed by atoms with Crippen LogP contribution in [0, 0.1) is 11.6 Å². The van der Waals surface area contributed by atoms with Crippen molar-refractivity contribution in [3.8, 4) is 11.4 Å². The maximum Gasteiger partial charge on any atom is 0.246 e. The first-order chi connectivity index (χ1) is 9.74. The monoisotopic (exact) mass is 293 g/mol. The Balaban J connectivity index is 1.71. The van der Waals surface area contributed by atoms with Crippen molar-refractivity contribution in [2.24, 2.45) is 0 Å². The SMILES string of the molecule is Fc1cccc(NCc2nc(-c3ccsc3)no2)c1F. The minimum absolute atomic E-state index is 0.0558. The van der Waals surface area contributed by atoms with Gasteiger partial charge in [0.1, 0.15) is 0 Å². The normalized spacial score (nSPS) is 10.7. The Kier molecular flexibility index (Phi) is 3.42. The van der Waals surface area contributed by atoms with Gasteiger partial charge in [-0.15, -0.1) is 0 Å². The van der Waals surface area contributed by atoms with Crippen molar-refractivity contribution >= 4 is 17.0 Å². The van der Waals surface area contributed by atoms with Crippen LogP contribution in [0.4, 0.5) is 14.5 Å². The molecule has 0 aliphatic heterocycles. The van der Waals surface area contributed by atoms with Crippen LogP contribution in [0.15, 0.2) is 39.5 Å². The number of halogens is 2. The lowest BCUT2D eigenvalue weighted by Gasteiger charge is -2.04. The standard InChI is InChI=1S/C13H9F2N3OS/c14-9-2-1-3-10(12(9)15)16-6-11-17-13(18-19-11)8-4-5-20-7-8/h1-5,7,16H,6H2. The molecule has 0 aliphatic rings. The van der Waals surface area contributed by atoms with E-state index in [4.69, 9.17) is 4.52 Å². The van der Waals surface area contributed by atoms with E-state index in [-0.39, 0.29) is 12.2 Å². The fourth-order valence-corrected chi connectivity index (χ4v) is 2.28. The zero-order valence-corrected chi connectivity index (χ0v) is 11.0. The van der Waals surface area contributed by atoms with Crippen LogP contribution >= 0.6 is 11.3 Å². The Morgan fingerprint density at radius 1 is 1.25 bits per heavy atom. The van der Waals surface area contributed by atoms with Gasteiger partial charge in [0.15, 0.2) is 11.6 Å². The molecule has 0 saturated heterocycles. The van der Waals surface area contributed by atoms with Gasteiger partial charge in [-0.3, -0.25) is 0 Å². The molecule has 0 unspecified atom stereocenters. The Morgan fingerprint density at radius 3 is 2.95 bits per heavy atom. The summed E-state index contributed by atoms with van der Waals surface area (Å²) in [6, 6.07) is 5.79. The van der Waals surface area contributed by atoms with Crippen molar-refractivity contribution in [2.45, 2.75) is 6.54 Å². The summed E-state index contributed by atoms with van der Waals surface area (Å²) in [5.74, 6) is -1.05. The van der Waals surface area contributed by atoms with Crippen LogP contribution in [-0.2, 0) is 6.54 Å². The first-order valence-electron chi connectivity index (χ1n) is 5.77. The number of anilines is 1. The number of hydrogen-bond acceptors (Lipinski definition) is 5. The summed E-state index contributed by atoms with van der Waals surface area (Å²) >= 11 is 1.53. The lowest BCUT2D eigenvalue weighted by Crippen LogP contribution is -2.02. The number of rotatable bonds is 4. The van der Waals surface area contributed by atoms with Crippen molar-refractivity contribution in [1.29, 1.82) is 0 Å². The Hall–Kier alpha value is -2.28. The molecule has 4 nitrogen and oxygen atoms in total. The van der Waals surface area contributed by atoms with Gasteiger partial charge in [-0.1, -0.05) is 11.2 Å². The van der Waals surface area contributed by atoms with Crippen LogP contribution in [0.2, 0.25) is 0 Å². The molecule has 3 aromatic rings. The lowest BCUT2D eigenvalue weighted by molar-refractivity contribution is 0.383. The fourth-order valence-electron chi connectivity index (χ4n) is 1.65. The summed E-state index contributed by atoms with van der Waals surface area (Å²) in [4.78, 5) is 4.17. The molecular formula is C13H9F2N3OS. The van der Waals surface area contributed by atoms with Gasteiger partial charge in [-0.25, -0.2) is 8.78 Å². The van der Waals surface area contributed by atoms with Crippen LogP contribution < -0.4 is 5.32 Å². The summed E-state index contributed by atoms with van der Waals surface area (Å²) in [5, 5.41) is 10.3. The molecule has 2 aromatic heterocycles. The van der Waals surface area contributed by atoms with Crippen LogP contribution in [0.25, 0.3) is 11.4 Å². The maximum atomic E-state index is 13.4. The van der Waals surface area contributed by atoms with E-state index in [1.165, 1.54) is 23.5 Å². The molecule has 1 aromatic carbocycles. The molecule has 102 valence electrons. The summed E-state index contributed by atoms with van der Waals surface area (Å²) < 4.78 is 31.5. The van der Waals surface area contributed by atoms with E-state index in [9.17, 15) is 8.78 Å². The molecule has 2 heterocycles. The summed E-state index contributed by atoms with van der Waals surface area (Å²) in [5.41, 5.74) is 0.919. The van der Waals surface area contributed by atoms with Crippen molar-refractivity contribution in [3.05, 3.63) is 52.6 Å². The molecule has 0 spiro atoms. The van der Waals surface area contributed by atoms with Gasteiger partial charge in [0, 0.05) is 10.9 Å². The van der Waals surface area contributed by atoms with Gasteiger partial charge in [-0.2, -0.15) is 16.3 Å². The number of benzene rings is 1. The number of aromatic nitrogens is 2. The molecule has 0 amide bonds. The average molecular weight is 293 g/mol. The first kappa shape index (κ1) is 12.7. The van der Waals surface area contributed by atoms with Gasteiger partial charge in [0.25, 0.3) is 0 Å². The molecule has 0 saturated carbocycles. The highest BCUT2D eigenvalue weighted by molar-refractivity contribution is 7.08. The smallest absolute Gasteiger partial charge is 0.246 e. The predicted octanol–water partition coefficient (Wildman–Crippen LogP) is 3.69. The second kappa shape index (κ2) is 5.38. The van der Waals surface area contributed by atoms with E-state index < -0.39 is 11.6 Å². The largest absolute Gasteiger partial charge is 0.374 e. The van der Waals surface area contributed by atoms with Crippen molar-refractivity contribution in [2.75, 3.05) is 5.32 Å². The van der Waals surface area contributed by atoms with Crippen LogP contribution in [-0.4, -0.2) is 10.1 Å². The minimum atomic E-state index is -0.926. The Labute approximate surface area is 117 Å². The third kappa shape index (κ3) is 2.53. The number of nitrogens with zero attached hydrogens (tertiary/aromatic N) is 2. The van der Waals surface area contributed by atoms with Gasteiger partial charge < -0.3 is 9.84 Å². The molecule has 20 heavy (non-hydrogen) atoms. The van der Waals surface area contributed by atoms with E-state index in [2.05, 4.69) is 15.5 Å². The average Bonchev–Trinajstić information content (AvgIpc) is 3.10. The summed E-state index contributed by atoms with van der Waals surface area (Å²) in [6.45, 7) is 0.123. The second-order valence-corrected chi connectivity index (χ2v) is 4.76. The summed E-state index contributed by atoms with van der Waals surface area (Å²) in [6.07, 6.45) is 0. The van der Waals surface area contributed by atoms with Gasteiger partial charge >= 0.3 is 0 Å². The third-order valence-electron chi connectivity index (χ3n) is 2.63. The highest BCUT2D eigenvalue weighted by Gasteiger charge is 2.11. The quantitative estimate of drug-likeness (QED) is 0.797. The van der Waals surface area contributed by atoms with Gasteiger partial charge in [-0.05, 0) is 23.6 Å². The minimum Gasteiger partial charge on any atom is -0.374 e. The highest BCUT2D eigenvalue weighted by atomic mass is 32.1. The molecule has 0 bridgehead atoms. The molecule has 0 fully saturated rings. The van der Waals surface area contributed by atoms with Crippen molar-refractivity contribution in [1.82, 2.24) is 10.1 Å². The molecular weight excluding hydrogens is 284 g/mol. The lowest BCUT2D eigenvalue weighted by atomic mass is 10.3. The van der Waals surface area contributed by atoms with E-state index in [0.29, 0.717) is 11.7 Å². The number of thiophene rings is 1. The number of hydrogen-bond donors (Lipinski definition) is 1. The zero-order valence-electron chi connectivity index (χ0n) is 10.1. The maximum absolute atomic E-state index is 13.4. The second-order valence-electron chi connectivity index (χ2n) is 3.98. The summed E-state index contributed by atoms with van der Waals surface area (Å²) in [7, 11) is 0. The zero-order chi connectivity index (χ0) is 13.9.